The smallest absolute Gasteiger partial charge is 0.207 e. The lowest BCUT2D eigenvalue weighted by Gasteiger charge is -2.23. The van der Waals surface area contributed by atoms with Gasteiger partial charge < -0.3 is 0 Å². The Labute approximate surface area is 147 Å². The van der Waals surface area contributed by atoms with E-state index >= 15 is 0 Å². The fourth-order valence-corrected chi connectivity index (χ4v) is 2.79. The van der Waals surface area contributed by atoms with Gasteiger partial charge in [0.15, 0.2) is 11.4 Å². The molecule has 0 spiro atoms. The monoisotopic (exact) mass is 370 g/mol. The van der Waals surface area contributed by atoms with Crippen LogP contribution in [0.3, 0.4) is 0 Å². The Morgan fingerprint density at radius 3 is 2.46 bits per heavy atom. The molecule has 0 fully saturated rings. The Kier molecular flexibility index (Phi) is 4.42. The van der Waals surface area contributed by atoms with E-state index in [0.717, 1.165) is 0 Å². The predicted molar refractivity (Wildman–Crippen MR) is 90.8 cm³/mol. The standard InChI is InChI=1S/C17H11Cl2F3N2/c1-24(7-6-15(23-24)17(21)22)16-9-11(20)3-4-12(16)10-2-5-13(18)14(19)8-10/h2-5,7-9,17H,1H3/q+1. The van der Waals surface area contributed by atoms with E-state index in [1.54, 1.807) is 31.3 Å². The molecule has 1 aliphatic rings. The van der Waals surface area contributed by atoms with Crippen LogP contribution in [0.25, 0.3) is 11.1 Å². The summed E-state index contributed by atoms with van der Waals surface area (Å²) in [4.78, 5) is 0. The third-order valence-electron chi connectivity index (χ3n) is 3.66. The Hall–Kier alpha value is -1.82. The van der Waals surface area contributed by atoms with E-state index in [9.17, 15) is 13.2 Å². The molecule has 1 heterocycles. The minimum atomic E-state index is -2.75. The van der Waals surface area contributed by atoms with Crippen LogP contribution in [0.15, 0.2) is 47.7 Å². The average Bonchev–Trinajstić information content (AvgIpc) is 2.94. The molecule has 3 rings (SSSR count). The lowest BCUT2D eigenvalue weighted by Crippen LogP contribution is -2.32. The molecular formula is C17H11Cl2F3N2+. The topological polar surface area (TPSA) is 12.4 Å². The molecule has 0 N–H and O–H groups in total. The van der Waals surface area contributed by atoms with E-state index in [1.165, 1.54) is 18.3 Å². The highest BCUT2D eigenvalue weighted by atomic mass is 35.5. The van der Waals surface area contributed by atoms with Gasteiger partial charge in [-0.15, -0.1) is 4.59 Å². The summed E-state index contributed by atoms with van der Waals surface area (Å²) in [7, 11) is 1.57. The first kappa shape index (κ1) is 17.0. The molecule has 2 aromatic rings. The summed E-state index contributed by atoms with van der Waals surface area (Å²) < 4.78 is 39.2. The van der Waals surface area contributed by atoms with E-state index in [2.05, 4.69) is 11.2 Å². The summed E-state index contributed by atoms with van der Waals surface area (Å²) in [6.45, 7) is 0. The summed E-state index contributed by atoms with van der Waals surface area (Å²) >= 11 is 12.0. The van der Waals surface area contributed by atoms with Gasteiger partial charge in [-0.1, -0.05) is 34.4 Å². The molecule has 0 bridgehead atoms. The molecule has 0 aromatic heterocycles. The average molecular weight is 371 g/mol. The third kappa shape index (κ3) is 3.07. The number of halogens is 5. The lowest BCUT2D eigenvalue weighted by molar-refractivity contribution is 0.225. The van der Waals surface area contributed by atoms with Crippen molar-refractivity contribution in [3.8, 4) is 11.1 Å². The van der Waals surface area contributed by atoms with Crippen LogP contribution in [0.5, 0.6) is 0 Å². The van der Waals surface area contributed by atoms with Crippen LogP contribution in [0.2, 0.25) is 10.0 Å². The second-order valence-corrected chi connectivity index (χ2v) is 6.19. The number of alkyl halides is 2. The molecule has 1 unspecified atom stereocenters. The maximum Gasteiger partial charge on any atom is 0.286 e. The highest BCUT2D eigenvalue weighted by Crippen LogP contribution is 2.39. The Morgan fingerprint density at radius 2 is 1.83 bits per heavy atom. The number of rotatable bonds is 3. The highest BCUT2D eigenvalue weighted by Gasteiger charge is 2.34. The van der Waals surface area contributed by atoms with E-state index in [1.807, 2.05) is 0 Å². The maximum atomic E-state index is 13.8. The van der Waals surface area contributed by atoms with Crippen molar-refractivity contribution < 1.29 is 13.2 Å². The number of hydrogen-bond acceptors (Lipinski definition) is 1. The molecule has 0 saturated heterocycles. The van der Waals surface area contributed by atoms with Gasteiger partial charge in [0, 0.05) is 11.6 Å². The van der Waals surface area contributed by atoms with Crippen molar-refractivity contribution in [3.63, 3.8) is 0 Å². The van der Waals surface area contributed by atoms with Gasteiger partial charge in [0.25, 0.3) is 6.43 Å². The Balaban J connectivity index is 2.17. The van der Waals surface area contributed by atoms with Crippen LogP contribution in [0.4, 0.5) is 18.9 Å². The Bertz CT molecular complexity index is 865. The van der Waals surface area contributed by atoms with E-state index in [0.29, 0.717) is 26.9 Å². The van der Waals surface area contributed by atoms with Crippen LogP contribution in [-0.2, 0) is 0 Å². The number of nitrogens with zero attached hydrogens (tertiary/aromatic N) is 2. The molecule has 0 saturated carbocycles. The molecule has 123 valence electrons. The molecule has 0 amide bonds. The van der Waals surface area contributed by atoms with Gasteiger partial charge in [0.05, 0.1) is 16.1 Å². The molecule has 1 radical (unpaired) electrons. The number of hydrogen-bond donors (Lipinski definition) is 0. The maximum absolute atomic E-state index is 13.8. The Morgan fingerprint density at radius 1 is 1.08 bits per heavy atom. The van der Waals surface area contributed by atoms with Gasteiger partial charge in [0.2, 0.25) is 0 Å². The molecule has 2 nitrogen and oxygen atoms in total. The molecular weight excluding hydrogens is 360 g/mol. The largest absolute Gasteiger partial charge is 0.286 e. The first-order chi connectivity index (χ1) is 11.3. The first-order valence-electron chi connectivity index (χ1n) is 6.91. The number of allylic oxidation sites excluding steroid dienone is 1. The third-order valence-corrected chi connectivity index (χ3v) is 4.40. The zero-order valence-electron chi connectivity index (χ0n) is 12.4. The van der Waals surface area contributed by atoms with Crippen LogP contribution >= 0.6 is 23.2 Å². The summed E-state index contributed by atoms with van der Waals surface area (Å²) in [5, 5.41) is 4.69. The molecule has 1 atom stereocenters. The van der Waals surface area contributed by atoms with E-state index < -0.39 is 18.0 Å². The van der Waals surface area contributed by atoms with Crippen LogP contribution < -0.4 is 4.59 Å². The normalized spacial score (nSPS) is 19.9. The summed E-state index contributed by atoms with van der Waals surface area (Å²) in [6.07, 6.45) is 1.05. The van der Waals surface area contributed by atoms with Crippen molar-refractivity contribution >= 4 is 34.6 Å². The zero-order valence-corrected chi connectivity index (χ0v) is 13.9. The second kappa shape index (κ2) is 6.24. The molecule has 7 heteroatoms. The SMILES string of the molecule is C[N+]1(c2cc(F)ccc2-c2ccc(Cl)c(Cl)c2)C=[C]C(C(F)F)=N1. The van der Waals surface area contributed by atoms with Gasteiger partial charge in [-0.05, 0) is 29.8 Å². The fraction of sp³-hybridized carbons (Fsp3) is 0.118. The van der Waals surface area contributed by atoms with Crippen molar-refractivity contribution in [2.24, 2.45) is 5.10 Å². The molecule has 24 heavy (non-hydrogen) atoms. The van der Waals surface area contributed by atoms with Gasteiger partial charge >= 0.3 is 0 Å². The van der Waals surface area contributed by atoms with Crippen molar-refractivity contribution in [1.29, 1.82) is 0 Å². The summed E-state index contributed by atoms with van der Waals surface area (Å²) in [5.41, 5.74) is 1.20. The van der Waals surface area contributed by atoms with E-state index in [-0.39, 0.29) is 4.59 Å². The van der Waals surface area contributed by atoms with Crippen molar-refractivity contribution in [2.75, 3.05) is 7.05 Å². The number of benzene rings is 2. The van der Waals surface area contributed by atoms with Gasteiger partial charge in [-0.2, -0.15) is 0 Å². The lowest BCUT2D eigenvalue weighted by atomic mass is 10.0. The highest BCUT2D eigenvalue weighted by molar-refractivity contribution is 6.42. The van der Waals surface area contributed by atoms with Crippen LogP contribution in [0.1, 0.15) is 0 Å². The first-order valence-corrected chi connectivity index (χ1v) is 7.67. The van der Waals surface area contributed by atoms with E-state index in [4.69, 9.17) is 23.2 Å². The minimum absolute atomic E-state index is 0.340. The van der Waals surface area contributed by atoms with Crippen molar-refractivity contribution in [1.82, 2.24) is 4.59 Å². The molecule has 1 aliphatic heterocycles. The quantitative estimate of drug-likeness (QED) is 0.615. The van der Waals surface area contributed by atoms with Gasteiger partial charge in [-0.3, -0.25) is 0 Å². The second-order valence-electron chi connectivity index (χ2n) is 5.38. The minimum Gasteiger partial charge on any atom is -0.207 e. The van der Waals surface area contributed by atoms with Gasteiger partial charge in [0.1, 0.15) is 19.1 Å². The predicted octanol–water partition coefficient (Wildman–Crippen LogP) is 5.69. The van der Waals surface area contributed by atoms with Crippen LogP contribution in [0, 0.1) is 11.9 Å². The molecule has 0 aliphatic carbocycles. The summed E-state index contributed by atoms with van der Waals surface area (Å²) in [6, 6.07) is 9.07. The molecule has 2 aromatic carbocycles. The van der Waals surface area contributed by atoms with Gasteiger partial charge in [-0.25, -0.2) is 13.2 Å². The van der Waals surface area contributed by atoms with Crippen molar-refractivity contribution in [3.05, 3.63) is 64.5 Å². The van der Waals surface area contributed by atoms with Crippen LogP contribution in [-0.4, -0.2) is 19.2 Å². The number of quaternary nitrogens is 1. The fourth-order valence-electron chi connectivity index (χ4n) is 2.49. The van der Waals surface area contributed by atoms with Crippen molar-refractivity contribution in [2.45, 2.75) is 6.43 Å². The summed E-state index contributed by atoms with van der Waals surface area (Å²) in [5.74, 6) is -0.498. The zero-order chi connectivity index (χ0) is 17.5.